The Morgan fingerprint density at radius 3 is 2.50 bits per heavy atom. The van der Waals surface area contributed by atoms with Crippen LogP contribution in [0.5, 0.6) is 0 Å². The molecule has 0 amide bonds. The fraction of sp³-hybridized carbons (Fsp3) is 0.333. The second kappa shape index (κ2) is 10.1. The highest BCUT2D eigenvalue weighted by atomic mass is 35.5. The van der Waals surface area contributed by atoms with Gasteiger partial charge in [-0.1, -0.05) is 59.1 Å². The number of rotatable bonds is 5. The molecule has 2 nitrogen and oxygen atoms in total. The third kappa shape index (κ3) is 5.79. The summed E-state index contributed by atoms with van der Waals surface area (Å²) >= 11 is 12.9. The molecule has 0 heterocycles. The molecule has 0 saturated heterocycles. The van der Waals surface area contributed by atoms with E-state index in [0.29, 0.717) is 21.8 Å². The average molecular weight is 495 g/mol. The van der Waals surface area contributed by atoms with E-state index in [4.69, 9.17) is 27.9 Å². The third-order valence-corrected chi connectivity index (χ3v) is 6.77. The molecule has 4 heteroatoms. The van der Waals surface area contributed by atoms with Crippen LogP contribution in [0.4, 0.5) is 5.69 Å². The molecule has 0 fully saturated rings. The van der Waals surface area contributed by atoms with Gasteiger partial charge in [0.05, 0.1) is 0 Å². The number of nitrogens with one attached hydrogen (secondary N) is 1. The van der Waals surface area contributed by atoms with Crippen LogP contribution in [0.15, 0.2) is 72.7 Å². The Labute approximate surface area is 214 Å². The number of halogens is 2. The smallest absolute Gasteiger partial charge is 0.184 e. The number of fused-ring (bicyclic) bond motifs is 1. The second-order valence-electron chi connectivity index (χ2n) is 10.2. The zero-order valence-corrected chi connectivity index (χ0v) is 22.0. The monoisotopic (exact) mass is 493 g/mol. The molecule has 1 N–H and O–H groups in total. The normalized spacial score (nSPS) is 18.2. The van der Waals surface area contributed by atoms with Crippen LogP contribution in [-0.4, -0.2) is 5.60 Å². The minimum Gasteiger partial charge on any atom is -0.474 e. The highest BCUT2D eigenvalue weighted by Gasteiger charge is 2.26. The maximum Gasteiger partial charge on any atom is 0.184 e. The van der Waals surface area contributed by atoms with Crippen LogP contribution in [0.1, 0.15) is 63.6 Å². The molecule has 2 aliphatic carbocycles. The van der Waals surface area contributed by atoms with Crippen molar-refractivity contribution in [2.24, 2.45) is 5.92 Å². The number of allylic oxidation sites excluding steroid dienone is 6. The Bertz CT molecular complexity index is 1200. The lowest BCUT2D eigenvalue weighted by Crippen LogP contribution is -2.21. The Morgan fingerprint density at radius 2 is 1.82 bits per heavy atom. The number of anilines is 1. The van der Waals surface area contributed by atoms with Crippen LogP contribution in [0.3, 0.4) is 0 Å². The van der Waals surface area contributed by atoms with Crippen molar-refractivity contribution in [3.05, 3.63) is 99.4 Å². The van der Waals surface area contributed by atoms with Crippen molar-refractivity contribution in [3.8, 4) is 0 Å². The summed E-state index contributed by atoms with van der Waals surface area (Å²) in [6.45, 7) is 12.3. The zero-order valence-electron chi connectivity index (χ0n) is 20.5. The fourth-order valence-corrected chi connectivity index (χ4v) is 5.35. The maximum atomic E-state index is 6.72. The van der Waals surface area contributed by atoms with E-state index in [2.05, 4.69) is 61.3 Å². The summed E-state index contributed by atoms with van der Waals surface area (Å²) in [4.78, 5) is 0. The van der Waals surface area contributed by atoms with Crippen LogP contribution in [0.2, 0.25) is 10.0 Å². The van der Waals surface area contributed by atoms with Gasteiger partial charge in [0.2, 0.25) is 0 Å². The average Bonchev–Trinajstić information content (AvgIpc) is 2.92. The van der Waals surface area contributed by atoms with E-state index in [-0.39, 0.29) is 5.60 Å². The van der Waals surface area contributed by atoms with Crippen molar-refractivity contribution in [3.63, 3.8) is 0 Å². The predicted molar refractivity (Wildman–Crippen MR) is 147 cm³/mol. The first-order valence-corrected chi connectivity index (χ1v) is 12.7. The van der Waals surface area contributed by atoms with E-state index in [1.54, 1.807) is 0 Å². The summed E-state index contributed by atoms with van der Waals surface area (Å²) < 4.78 is 5.88. The standard InChI is InChI=1S/C30H33Cl2NO/c1-19-9-11-21(12-10-19)29-25-16-14-24(33-20(2)34-30(3,4)5)17-22(25)7-6-8-27(29)26-15-13-23(31)18-28(26)32/h9-11,13-18,21,33H,2,6-8,12H2,1,3-5H3. The van der Waals surface area contributed by atoms with E-state index in [1.807, 2.05) is 32.9 Å². The summed E-state index contributed by atoms with van der Waals surface area (Å²) in [7, 11) is 0. The van der Waals surface area contributed by atoms with Crippen molar-refractivity contribution < 1.29 is 4.74 Å². The lowest BCUT2D eigenvalue weighted by Gasteiger charge is -2.25. The summed E-state index contributed by atoms with van der Waals surface area (Å²) in [5, 5.41) is 4.71. The summed E-state index contributed by atoms with van der Waals surface area (Å²) in [5.74, 6) is 0.863. The molecule has 4 rings (SSSR count). The first-order valence-electron chi connectivity index (χ1n) is 11.9. The van der Waals surface area contributed by atoms with E-state index >= 15 is 0 Å². The number of benzene rings is 2. The number of ether oxygens (including phenoxy) is 1. The first-order chi connectivity index (χ1) is 16.1. The minimum absolute atomic E-state index is 0.294. The van der Waals surface area contributed by atoms with Gasteiger partial charge in [-0.25, -0.2) is 0 Å². The Hall–Kier alpha value is -2.42. The van der Waals surface area contributed by atoms with E-state index in [9.17, 15) is 0 Å². The molecule has 0 radical (unpaired) electrons. The summed E-state index contributed by atoms with van der Waals surface area (Å²) in [6, 6.07) is 12.5. The zero-order chi connectivity index (χ0) is 24.5. The highest BCUT2D eigenvalue weighted by molar-refractivity contribution is 6.36. The second-order valence-corrected chi connectivity index (χ2v) is 11.0. The molecule has 1 unspecified atom stereocenters. The molecule has 0 spiro atoms. The summed E-state index contributed by atoms with van der Waals surface area (Å²) in [5.41, 5.74) is 8.43. The molecule has 0 saturated carbocycles. The van der Waals surface area contributed by atoms with Crippen LogP contribution >= 0.6 is 23.2 Å². The lowest BCUT2D eigenvalue weighted by molar-refractivity contribution is 0.0565. The molecule has 0 bridgehead atoms. The summed E-state index contributed by atoms with van der Waals surface area (Å²) in [6.07, 6.45) is 10.9. The topological polar surface area (TPSA) is 21.3 Å². The van der Waals surface area contributed by atoms with Gasteiger partial charge < -0.3 is 10.1 Å². The largest absolute Gasteiger partial charge is 0.474 e. The van der Waals surface area contributed by atoms with Crippen molar-refractivity contribution >= 4 is 40.0 Å². The molecule has 2 aliphatic rings. The van der Waals surface area contributed by atoms with Gasteiger partial charge >= 0.3 is 0 Å². The number of aryl methyl sites for hydroxylation is 1. The van der Waals surface area contributed by atoms with Crippen molar-refractivity contribution in [1.82, 2.24) is 0 Å². The van der Waals surface area contributed by atoms with Crippen LogP contribution in [-0.2, 0) is 11.2 Å². The Balaban J connectivity index is 1.79. The highest BCUT2D eigenvalue weighted by Crippen LogP contribution is 2.45. The van der Waals surface area contributed by atoms with Gasteiger partial charge in [-0.3, -0.25) is 0 Å². The van der Waals surface area contributed by atoms with Gasteiger partial charge in [0, 0.05) is 21.7 Å². The van der Waals surface area contributed by atoms with Gasteiger partial charge in [-0.2, -0.15) is 0 Å². The van der Waals surface area contributed by atoms with Gasteiger partial charge in [-0.05, 0) is 112 Å². The van der Waals surface area contributed by atoms with Gasteiger partial charge in [-0.15, -0.1) is 0 Å². The van der Waals surface area contributed by atoms with Crippen LogP contribution < -0.4 is 5.32 Å². The van der Waals surface area contributed by atoms with Crippen LogP contribution in [0.25, 0.3) is 11.1 Å². The first kappa shape index (κ1) is 24.7. The van der Waals surface area contributed by atoms with Crippen molar-refractivity contribution in [2.45, 2.75) is 59.0 Å². The van der Waals surface area contributed by atoms with Gasteiger partial charge in [0.25, 0.3) is 0 Å². The number of hydrogen-bond acceptors (Lipinski definition) is 2. The SMILES string of the molecule is C=C(Nc1ccc2c(c1)CCCC(c1ccc(Cl)cc1Cl)=C2C1C=CC(C)=CC1)OC(C)(C)C. The molecule has 0 aliphatic heterocycles. The van der Waals surface area contributed by atoms with E-state index in [1.165, 1.54) is 27.8 Å². The molecule has 2 aromatic carbocycles. The third-order valence-electron chi connectivity index (χ3n) is 6.22. The molecular formula is C30H33Cl2NO. The molecule has 2 aromatic rings. The lowest BCUT2D eigenvalue weighted by atomic mass is 9.80. The quantitative estimate of drug-likeness (QED) is 0.418. The van der Waals surface area contributed by atoms with Crippen molar-refractivity contribution in [1.29, 1.82) is 0 Å². The molecule has 0 aromatic heterocycles. The van der Waals surface area contributed by atoms with Gasteiger partial charge in [0.1, 0.15) is 5.60 Å². The number of hydrogen-bond donors (Lipinski definition) is 1. The van der Waals surface area contributed by atoms with Crippen molar-refractivity contribution in [2.75, 3.05) is 5.32 Å². The van der Waals surface area contributed by atoms with Gasteiger partial charge in [0.15, 0.2) is 5.88 Å². The Kier molecular flexibility index (Phi) is 7.31. The minimum atomic E-state index is -0.294. The molecule has 1 atom stereocenters. The van der Waals surface area contributed by atoms with E-state index in [0.717, 1.165) is 36.9 Å². The Morgan fingerprint density at radius 1 is 1.06 bits per heavy atom. The van der Waals surface area contributed by atoms with E-state index < -0.39 is 0 Å². The molecular weight excluding hydrogens is 461 g/mol. The van der Waals surface area contributed by atoms with Crippen LogP contribution in [0, 0.1) is 5.92 Å². The molecule has 34 heavy (non-hydrogen) atoms. The maximum absolute atomic E-state index is 6.72. The predicted octanol–water partition coefficient (Wildman–Crippen LogP) is 9.46. The fourth-order valence-electron chi connectivity index (χ4n) is 4.83. The molecule has 178 valence electrons.